The first-order chi connectivity index (χ1) is 8.08. The fraction of sp³-hybridized carbons (Fsp3) is 0.923. The summed E-state index contributed by atoms with van der Waals surface area (Å²) in [4.78, 5) is 16.5. The Bertz CT molecular complexity index is 275. The SMILES string of the molecule is CN1CCC(C(=O)N(C)C2CCC(O)CC2)C1. The van der Waals surface area contributed by atoms with Crippen LogP contribution in [-0.2, 0) is 4.79 Å². The average molecular weight is 240 g/mol. The minimum Gasteiger partial charge on any atom is -0.393 e. The number of likely N-dealkylation sites (tertiary alicyclic amines) is 1. The fourth-order valence-electron chi connectivity index (χ4n) is 3.05. The topological polar surface area (TPSA) is 43.8 Å². The van der Waals surface area contributed by atoms with Gasteiger partial charge in [0.05, 0.1) is 12.0 Å². The lowest BCUT2D eigenvalue weighted by Gasteiger charge is -2.34. The smallest absolute Gasteiger partial charge is 0.227 e. The number of rotatable bonds is 2. The Morgan fingerprint density at radius 2 is 1.88 bits per heavy atom. The van der Waals surface area contributed by atoms with Gasteiger partial charge in [0.2, 0.25) is 5.91 Å². The summed E-state index contributed by atoms with van der Waals surface area (Å²) in [6.07, 6.45) is 4.43. The zero-order valence-electron chi connectivity index (χ0n) is 10.9. The second-order valence-electron chi connectivity index (χ2n) is 5.66. The van der Waals surface area contributed by atoms with Crippen molar-refractivity contribution in [1.29, 1.82) is 0 Å². The van der Waals surface area contributed by atoms with Crippen LogP contribution >= 0.6 is 0 Å². The lowest BCUT2D eigenvalue weighted by Crippen LogP contribution is -2.43. The van der Waals surface area contributed by atoms with Crippen LogP contribution in [0.25, 0.3) is 0 Å². The number of hydrogen-bond acceptors (Lipinski definition) is 3. The second-order valence-corrected chi connectivity index (χ2v) is 5.66. The van der Waals surface area contributed by atoms with Crippen molar-refractivity contribution in [3.8, 4) is 0 Å². The van der Waals surface area contributed by atoms with E-state index in [-0.39, 0.29) is 12.0 Å². The maximum absolute atomic E-state index is 12.3. The molecule has 0 aromatic rings. The van der Waals surface area contributed by atoms with Gasteiger partial charge in [-0.3, -0.25) is 4.79 Å². The molecule has 1 unspecified atom stereocenters. The third kappa shape index (κ3) is 2.99. The highest BCUT2D eigenvalue weighted by atomic mass is 16.3. The van der Waals surface area contributed by atoms with E-state index in [9.17, 15) is 9.90 Å². The zero-order chi connectivity index (χ0) is 12.4. The maximum Gasteiger partial charge on any atom is 0.227 e. The lowest BCUT2D eigenvalue weighted by molar-refractivity contribution is -0.136. The fourth-order valence-corrected chi connectivity index (χ4v) is 3.05. The van der Waals surface area contributed by atoms with Gasteiger partial charge in [-0.1, -0.05) is 0 Å². The molecule has 1 N–H and O–H groups in total. The molecule has 1 saturated heterocycles. The maximum atomic E-state index is 12.3. The van der Waals surface area contributed by atoms with Crippen molar-refractivity contribution < 1.29 is 9.90 Å². The minimum absolute atomic E-state index is 0.146. The van der Waals surface area contributed by atoms with Crippen molar-refractivity contribution in [2.75, 3.05) is 27.2 Å². The predicted octanol–water partition coefficient (Wildman–Crippen LogP) is 0.700. The van der Waals surface area contributed by atoms with Crippen molar-refractivity contribution in [3.05, 3.63) is 0 Å². The van der Waals surface area contributed by atoms with E-state index in [2.05, 4.69) is 11.9 Å². The lowest BCUT2D eigenvalue weighted by atomic mass is 9.91. The van der Waals surface area contributed by atoms with E-state index in [0.717, 1.165) is 45.2 Å². The van der Waals surface area contributed by atoms with E-state index >= 15 is 0 Å². The molecule has 2 aliphatic rings. The normalized spacial score (nSPS) is 34.9. The second kappa shape index (κ2) is 5.36. The molecule has 0 spiro atoms. The molecule has 0 aromatic heterocycles. The first-order valence-electron chi connectivity index (χ1n) is 6.71. The molecule has 1 aliphatic heterocycles. The van der Waals surface area contributed by atoms with Crippen LogP contribution < -0.4 is 0 Å². The van der Waals surface area contributed by atoms with E-state index in [1.54, 1.807) is 0 Å². The third-order valence-electron chi connectivity index (χ3n) is 4.30. The Labute approximate surface area is 104 Å². The van der Waals surface area contributed by atoms with Crippen LogP contribution in [0.3, 0.4) is 0 Å². The van der Waals surface area contributed by atoms with E-state index in [4.69, 9.17) is 0 Å². The Morgan fingerprint density at radius 1 is 1.24 bits per heavy atom. The van der Waals surface area contributed by atoms with E-state index in [1.807, 2.05) is 11.9 Å². The van der Waals surface area contributed by atoms with E-state index in [1.165, 1.54) is 0 Å². The molecule has 0 aromatic carbocycles. The summed E-state index contributed by atoms with van der Waals surface area (Å²) >= 11 is 0. The van der Waals surface area contributed by atoms with Crippen LogP contribution in [0.4, 0.5) is 0 Å². The van der Waals surface area contributed by atoms with Gasteiger partial charge in [-0.25, -0.2) is 0 Å². The van der Waals surface area contributed by atoms with Gasteiger partial charge >= 0.3 is 0 Å². The van der Waals surface area contributed by atoms with Crippen molar-refractivity contribution in [2.24, 2.45) is 5.92 Å². The molecule has 0 radical (unpaired) electrons. The van der Waals surface area contributed by atoms with Crippen LogP contribution in [0.5, 0.6) is 0 Å². The van der Waals surface area contributed by atoms with Gasteiger partial charge in [0, 0.05) is 19.6 Å². The average Bonchev–Trinajstić information content (AvgIpc) is 2.75. The van der Waals surface area contributed by atoms with Crippen molar-refractivity contribution in [1.82, 2.24) is 9.80 Å². The Kier molecular flexibility index (Phi) is 4.05. The van der Waals surface area contributed by atoms with Crippen LogP contribution in [0.15, 0.2) is 0 Å². The van der Waals surface area contributed by atoms with Crippen molar-refractivity contribution in [3.63, 3.8) is 0 Å². The summed E-state index contributed by atoms with van der Waals surface area (Å²) in [5.74, 6) is 0.493. The number of carbonyl (C=O) groups excluding carboxylic acids is 1. The van der Waals surface area contributed by atoms with Crippen molar-refractivity contribution in [2.45, 2.75) is 44.2 Å². The first-order valence-corrected chi connectivity index (χ1v) is 6.71. The van der Waals surface area contributed by atoms with Crippen LogP contribution in [-0.4, -0.2) is 60.1 Å². The number of amides is 1. The summed E-state index contributed by atoms with van der Waals surface area (Å²) in [6.45, 7) is 1.94. The molecule has 1 atom stereocenters. The minimum atomic E-state index is -0.146. The van der Waals surface area contributed by atoms with Gasteiger partial charge < -0.3 is 14.9 Å². The van der Waals surface area contributed by atoms with Gasteiger partial charge in [-0.15, -0.1) is 0 Å². The summed E-state index contributed by atoms with van der Waals surface area (Å²) in [5.41, 5.74) is 0. The summed E-state index contributed by atoms with van der Waals surface area (Å²) < 4.78 is 0. The molecule has 17 heavy (non-hydrogen) atoms. The van der Waals surface area contributed by atoms with Crippen molar-refractivity contribution >= 4 is 5.91 Å². The first kappa shape index (κ1) is 12.8. The summed E-state index contributed by atoms with van der Waals surface area (Å²) in [5, 5.41) is 9.48. The Balaban J connectivity index is 1.86. The van der Waals surface area contributed by atoms with E-state index < -0.39 is 0 Å². The number of aliphatic hydroxyl groups excluding tert-OH is 1. The highest BCUT2D eigenvalue weighted by Crippen LogP contribution is 2.25. The number of aliphatic hydroxyl groups is 1. The van der Waals surface area contributed by atoms with Gasteiger partial charge in [0.1, 0.15) is 0 Å². The summed E-state index contributed by atoms with van der Waals surface area (Å²) in [6, 6.07) is 0.344. The quantitative estimate of drug-likeness (QED) is 0.773. The highest BCUT2D eigenvalue weighted by molar-refractivity contribution is 5.79. The number of nitrogens with zero attached hydrogens (tertiary/aromatic N) is 2. The van der Waals surface area contributed by atoms with Crippen LogP contribution in [0, 0.1) is 5.92 Å². The van der Waals surface area contributed by atoms with Gasteiger partial charge in [-0.05, 0) is 45.7 Å². The molecule has 2 rings (SSSR count). The standard InChI is InChI=1S/C13H24N2O2/c1-14-8-7-10(9-14)13(17)15(2)11-3-5-12(16)6-4-11/h10-12,16H,3-9H2,1-2H3. The monoisotopic (exact) mass is 240 g/mol. The van der Waals surface area contributed by atoms with Crippen LogP contribution in [0.1, 0.15) is 32.1 Å². The van der Waals surface area contributed by atoms with Gasteiger partial charge in [0.25, 0.3) is 0 Å². The molecular formula is C13H24N2O2. The molecule has 1 heterocycles. The van der Waals surface area contributed by atoms with E-state index in [0.29, 0.717) is 11.9 Å². The molecule has 1 saturated carbocycles. The molecule has 1 amide bonds. The van der Waals surface area contributed by atoms with Crippen LogP contribution in [0.2, 0.25) is 0 Å². The van der Waals surface area contributed by atoms with Gasteiger partial charge in [0.15, 0.2) is 0 Å². The summed E-state index contributed by atoms with van der Waals surface area (Å²) in [7, 11) is 4.01. The largest absolute Gasteiger partial charge is 0.393 e. The highest BCUT2D eigenvalue weighted by Gasteiger charge is 2.32. The third-order valence-corrected chi connectivity index (χ3v) is 4.30. The zero-order valence-corrected chi connectivity index (χ0v) is 10.9. The molecule has 4 heteroatoms. The molecule has 98 valence electrons. The molecule has 1 aliphatic carbocycles. The Hall–Kier alpha value is -0.610. The van der Waals surface area contributed by atoms with Gasteiger partial charge in [-0.2, -0.15) is 0 Å². The number of carbonyl (C=O) groups is 1. The number of hydrogen-bond donors (Lipinski definition) is 1. The predicted molar refractivity (Wildman–Crippen MR) is 66.6 cm³/mol. The Morgan fingerprint density at radius 3 is 2.41 bits per heavy atom. The molecule has 2 fully saturated rings. The molecule has 0 bridgehead atoms. The molecular weight excluding hydrogens is 216 g/mol. The molecule has 4 nitrogen and oxygen atoms in total.